The number of aromatic nitrogens is 1. The van der Waals surface area contributed by atoms with Gasteiger partial charge in [0.1, 0.15) is 5.75 Å². The number of rotatable bonds is 7. The van der Waals surface area contributed by atoms with E-state index in [-0.39, 0.29) is 5.75 Å². The molecular formula is C19H27N3O. The van der Waals surface area contributed by atoms with Gasteiger partial charge < -0.3 is 10.4 Å². The summed E-state index contributed by atoms with van der Waals surface area (Å²) in [7, 11) is 2.14. The minimum absolute atomic E-state index is 0.246. The lowest BCUT2D eigenvalue weighted by Crippen LogP contribution is -2.25. The maximum atomic E-state index is 9.82. The molecule has 1 aromatic heterocycles. The lowest BCUT2D eigenvalue weighted by Gasteiger charge is -2.21. The maximum absolute atomic E-state index is 9.82. The Morgan fingerprint density at radius 1 is 1.13 bits per heavy atom. The molecule has 2 aromatic rings. The first-order valence-corrected chi connectivity index (χ1v) is 8.10. The Kier molecular flexibility index (Phi) is 6.13. The number of aryl methyl sites for hydroxylation is 1. The third kappa shape index (κ3) is 5.34. The smallest absolute Gasteiger partial charge is 0.138 e. The van der Waals surface area contributed by atoms with Crippen molar-refractivity contribution in [2.45, 2.75) is 46.4 Å². The SMILES string of the molecule is Cc1ccc(O)c(CNCc2cccc(CN(C)C(C)C)c2)n1. The largest absolute Gasteiger partial charge is 0.506 e. The highest BCUT2D eigenvalue weighted by Gasteiger charge is 2.06. The van der Waals surface area contributed by atoms with E-state index in [2.05, 4.69) is 60.4 Å². The van der Waals surface area contributed by atoms with Gasteiger partial charge in [0.25, 0.3) is 0 Å². The van der Waals surface area contributed by atoms with Crippen molar-refractivity contribution in [2.24, 2.45) is 0 Å². The molecule has 0 aliphatic rings. The second-order valence-electron chi connectivity index (χ2n) is 6.35. The molecule has 0 spiro atoms. The minimum Gasteiger partial charge on any atom is -0.506 e. The predicted octanol–water partition coefficient (Wildman–Crippen LogP) is 3.23. The van der Waals surface area contributed by atoms with Crippen LogP contribution in [0.2, 0.25) is 0 Å². The predicted molar refractivity (Wildman–Crippen MR) is 94.2 cm³/mol. The number of hydrogen-bond acceptors (Lipinski definition) is 4. The lowest BCUT2D eigenvalue weighted by molar-refractivity contribution is 0.266. The zero-order valence-electron chi connectivity index (χ0n) is 14.5. The minimum atomic E-state index is 0.246. The number of aromatic hydroxyl groups is 1. The molecule has 0 aliphatic heterocycles. The molecule has 2 N–H and O–H groups in total. The summed E-state index contributed by atoms with van der Waals surface area (Å²) in [5.41, 5.74) is 4.17. The van der Waals surface area contributed by atoms with Gasteiger partial charge in [0.15, 0.2) is 0 Å². The number of nitrogens with zero attached hydrogens (tertiary/aromatic N) is 2. The van der Waals surface area contributed by atoms with Crippen LogP contribution >= 0.6 is 0 Å². The van der Waals surface area contributed by atoms with Crippen LogP contribution in [0.1, 0.15) is 36.4 Å². The first-order chi connectivity index (χ1) is 11.0. The van der Waals surface area contributed by atoms with E-state index >= 15 is 0 Å². The van der Waals surface area contributed by atoms with Crippen molar-refractivity contribution >= 4 is 0 Å². The van der Waals surface area contributed by atoms with Gasteiger partial charge in [0, 0.05) is 31.4 Å². The summed E-state index contributed by atoms with van der Waals surface area (Å²) in [6.07, 6.45) is 0. The van der Waals surface area contributed by atoms with Gasteiger partial charge in [-0.3, -0.25) is 9.88 Å². The van der Waals surface area contributed by atoms with Crippen molar-refractivity contribution < 1.29 is 5.11 Å². The van der Waals surface area contributed by atoms with Gasteiger partial charge in [-0.1, -0.05) is 24.3 Å². The molecule has 0 aliphatic carbocycles. The second kappa shape index (κ2) is 8.09. The Hall–Kier alpha value is -1.91. The second-order valence-corrected chi connectivity index (χ2v) is 6.35. The normalized spacial score (nSPS) is 11.4. The highest BCUT2D eigenvalue weighted by atomic mass is 16.3. The molecule has 2 rings (SSSR count). The number of nitrogens with one attached hydrogen (secondary N) is 1. The molecule has 0 saturated heterocycles. The quantitative estimate of drug-likeness (QED) is 0.824. The van der Waals surface area contributed by atoms with Crippen molar-refractivity contribution in [2.75, 3.05) is 7.05 Å². The zero-order valence-corrected chi connectivity index (χ0v) is 14.5. The van der Waals surface area contributed by atoms with Crippen LogP contribution in [0.3, 0.4) is 0 Å². The fourth-order valence-corrected chi connectivity index (χ4v) is 2.37. The first kappa shape index (κ1) is 17.4. The summed E-state index contributed by atoms with van der Waals surface area (Å²) in [5.74, 6) is 0.246. The number of hydrogen-bond donors (Lipinski definition) is 2. The standard InChI is InChI=1S/C19H27N3O/c1-14(2)22(4)13-17-7-5-6-16(10-17)11-20-12-18-19(23)9-8-15(3)21-18/h5-10,14,20,23H,11-13H2,1-4H3. The van der Waals surface area contributed by atoms with Crippen molar-refractivity contribution in [1.82, 2.24) is 15.2 Å². The number of pyridine rings is 1. The third-order valence-electron chi connectivity index (χ3n) is 4.02. The Morgan fingerprint density at radius 3 is 2.61 bits per heavy atom. The monoisotopic (exact) mass is 313 g/mol. The van der Waals surface area contributed by atoms with Crippen LogP contribution in [-0.4, -0.2) is 28.1 Å². The van der Waals surface area contributed by atoms with Crippen LogP contribution in [-0.2, 0) is 19.6 Å². The zero-order chi connectivity index (χ0) is 16.8. The van der Waals surface area contributed by atoms with Crippen LogP contribution in [0.25, 0.3) is 0 Å². The van der Waals surface area contributed by atoms with E-state index in [4.69, 9.17) is 0 Å². The van der Waals surface area contributed by atoms with Crippen LogP contribution in [0.4, 0.5) is 0 Å². The molecular weight excluding hydrogens is 286 g/mol. The molecule has 0 fully saturated rings. The molecule has 0 radical (unpaired) electrons. The Morgan fingerprint density at radius 2 is 1.87 bits per heavy atom. The van der Waals surface area contributed by atoms with Gasteiger partial charge in [0.05, 0.1) is 5.69 Å². The van der Waals surface area contributed by atoms with E-state index in [0.717, 1.165) is 18.8 Å². The molecule has 0 bridgehead atoms. The average molecular weight is 313 g/mol. The van der Waals surface area contributed by atoms with Crippen LogP contribution in [0.15, 0.2) is 36.4 Å². The third-order valence-corrected chi connectivity index (χ3v) is 4.02. The lowest BCUT2D eigenvalue weighted by atomic mass is 10.1. The first-order valence-electron chi connectivity index (χ1n) is 8.10. The molecule has 1 heterocycles. The number of benzene rings is 1. The summed E-state index contributed by atoms with van der Waals surface area (Å²) in [5, 5.41) is 13.2. The molecule has 23 heavy (non-hydrogen) atoms. The highest BCUT2D eigenvalue weighted by molar-refractivity contribution is 5.28. The Bertz CT molecular complexity index is 640. The summed E-state index contributed by atoms with van der Waals surface area (Å²) in [4.78, 5) is 6.68. The van der Waals surface area contributed by atoms with E-state index in [1.807, 2.05) is 13.0 Å². The molecule has 1 aromatic carbocycles. The van der Waals surface area contributed by atoms with E-state index in [9.17, 15) is 5.11 Å². The van der Waals surface area contributed by atoms with E-state index < -0.39 is 0 Å². The average Bonchev–Trinajstić information content (AvgIpc) is 2.51. The summed E-state index contributed by atoms with van der Waals surface area (Å²) in [6.45, 7) is 8.60. The van der Waals surface area contributed by atoms with Gasteiger partial charge in [-0.15, -0.1) is 0 Å². The van der Waals surface area contributed by atoms with Crippen LogP contribution < -0.4 is 5.32 Å². The summed E-state index contributed by atoms with van der Waals surface area (Å²) in [6, 6.07) is 12.7. The summed E-state index contributed by atoms with van der Waals surface area (Å²) < 4.78 is 0. The van der Waals surface area contributed by atoms with Gasteiger partial charge >= 0.3 is 0 Å². The topological polar surface area (TPSA) is 48.4 Å². The van der Waals surface area contributed by atoms with Crippen LogP contribution in [0.5, 0.6) is 5.75 Å². The molecule has 4 heteroatoms. The maximum Gasteiger partial charge on any atom is 0.138 e. The molecule has 0 unspecified atom stereocenters. The van der Waals surface area contributed by atoms with Crippen molar-refractivity contribution in [3.63, 3.8) is 0 Å². The molecule has 0 saturated carbocycles. The van der Waals surface area contributed by atoms with E-state index in [1.165, 1.54) is 11.1 Å². The Balaban J connectivity index is 1.92. The molecule has 124 valence electrons. The fourth-order valence-electron chi connectivity index (χ4n) is 2.37. The van der Waals surface area contributed by atoms with Crippen molar-refractivity contribution in [3.05, 3.63) is 58.9 Å². The van der Waals surface area contributed by atoms with Gasteiger partial charge in [-0.25, -0.2) is 0 Å². The fraction of sp³-hybridized carbons (Fsp3) is 0.421. The highest BCUT2D eigenvalue weighted by Crippen LogP contribution is 2.15. The van der Waals surface area contributed by atoms with Gasteiger partial charge in [-0.2, -0.15) is 0 Å². The van der Waals surface area contributed by atoms with Crippen molar-refractivity contribution in [3.8, 4) is 5.75 Å². The van der Waals surface area contributed by atoms with Crippen LogP contribution in [0, 0.1) is 6.92 Å². The summed E-state index contributed by atoms with van der Waals surface area (Å²) >= 11 is 0. The van der Waals surface area contributed by atoms with Gasteiger partial charge in [0.2, 0.25) is 0 Å². The molecule has 4 nitrogen and oxygen atoms in total. The molecule has 0 amide bonds. The van der Waals surface area contributed by atoms with E-state index in [0.29, 0.717) is 18.3 Å². The van der Waals surface area contributed by atoms with E-state index in [1.54, 1.807) is 6.07 Å². The molecule has 0 atom stereocenters. The Labute approximate surface area is 139 Å². The van der Waals surface area contributed by atoms with Gasteiger partial charge in [-0.05, 0) is 51.1 Å². The van der Waals surface area contributed by atoms with Crippen molar-refractivity contribution in [1.29, 1.82) is 0 Å².